The van der Waals surface area contributed by atoms with Gasteiger partial charge in [0, 0.05) is 5.92 Å². The molecule has 0 amide bonds. The molecule has 1 heteroatoms. The van der Waals surface area contributed by atoms with Crippen molar-refractivity contribution in [1.82, 2.24) is 0 Å². The molecular formula is C8H12O. The van der Waals surface area contributed by atoms with Crippen molar-refractivity contribution in [1.29, 1.82) is 0 Å². The molecule has 0 rings (SSSR count). The van der Waals surface area contributed by atoms with Crippen LogP contribution in [-0.4, -0.2) is 6.29 Å². The van der Waals surface area contributed by atoms with Crippen molar-refractivity contribution in [2.24, 2.45) is 5.92 Å². The lowest BCUT2D eigenvalue weighted by atomic mass is 10.1. The van der Waals surface area contributed by atoms with Crippen LogP contribution >= 0.6 is 0 Å². The smallest absolute Gasteiger partial charge is 0.126 e. The van der Waals surface area contributed by atoms with Crippen LogP contribution in [0.4, 0.5) is 0 Å². The van der Waals surface area contributed by atoms with Gasteiger partial charge in [0.05, 0.1) is 0 Å². The number of rotatable bonds is 3. The van der Waals surface area contributed by atoms with Gasteiger partial charge in [-0.3, -0.25) is 0 Å². The lowest BCUT2D eigenvalue weighted by Crippen LogP contribution is -1.89. The van der Waals surface area contributed by atoms with E-state index in [9.17, 15) is 4.79 Å². The Balaban J connectivity index is 3.92. The zero-order chi connectivity index (χ0) is 7.28. The van der Waals surface area contributed by atoms with Crippen LogP contribution in [0.2, 0.25) is 0 Å². The van der Waals surface area contributed by atoms with Crippen molar-refractivity contribution in [2.75, 3.05) is 0 Å². The first-order chi connectivity index (χ1) is 4.20. The summed E-state index contributed by atoms with van der Waals surface area (Å²) in [4.78, 5) is 10.1. The maximum Gasteiger partial charge on any atom is 0.126 e. The first-order valence-electron chi connectivity index (χ1n) is 2.97. The Morgan fingerprint density at radius 1 is 1.67 bits per heavy atom. The van der Waals surface area contributed by atoms with Crippen molar-refractivity contribution >= 4 is 6.29 Å². The zero-order valence-electron chi connectivity index (χ0n) is 5.92. The van der Waals surface area contributed by atoms with Crippen molar-refractivity contribution in [3.8, 4) is 0 Å². The fourth-order valence-electron chi connectivity index (χ4n) is 0.522. The summed E-state index contributed by atoms with van der Waals surface area (Å²) in [7, 11) is 0. The molecule has 9 heavy (non-hydrogen) atoms. The van der Waals surface area contributed by atoms with Gasteiger partial charge in [0.15, 0.2) is 0 Å². The first-order valence-corrected chi connectivity index (χ1v) is 2.97. The Morgan fingerprint density at radius 3 is 2.56 bits per heavy atom. The Kier molecular flexibility index (Phi) is 3.69. The molecule has 0 heterocycles. The molecule has 1 atom stereocenters. The molecule has 0 aromatic rings. The molecule has 0 saturated heterocycles. The number of carbonyl (C=O) groups is 1. The van der Waals surface area contributed by atoms with Crippen LogP contribution in [0.25, 0.3) is 0 Å². The lowest BCUT2D eigenvalue weighted by molar-refractivity contribution is -0.109. The summed E-state index contributed by atoms with van der Waals surface area (Å²) in [5.74, 6) is 0.0167. The summed E-state index contributed by atoms with van der Waals surface area (Å²) >= 11 is 0. The van der Waals surface area contributed by atoms with E-state index in [4.69, 9.17) is 0 Å². The minimum Gasteiger partial charge on any atom is -0.303 e. The predicted molar refractivity (Wildman–Crippen MR) is 39.2 cm³/mol. The molecule has 0 aromatic carbocycles. The van der Waals surface area contributed by atoms with Gasteiger partial charge in [0.1, 0.15) is 6.29 Å². The molecule has 0 aliphatic carbocycles. The van der Waals surface area contributed by atoms with E-state index >= 15 is 0 Å². The van der Waals surface area contributed by atoms with Gasteiger partial charge in [-0.1, -0.05) is 31.2 Å². The highest BCUT2D eigenvalue weighted by Gasteiger charge is 1.91. The summed E-state index contributed by atoms with van der Waals surface area (Å²) in [6.07, 6.45) is 4.52. The van der Waals surface area contributed by atoms with E-state index in [1.165, 1.54) is 0 Å². The number of aldehydes is 1. The van der Waals surface area contributed by atoms with E-state index in [0.29, 0.717) is 0 Å². The lowest BCUT2D eigenvalue weighted by Gasteiger charge is -1.93. The van der Waals surface area contributed by atoms with Crippen LogP contribution in [0.1, 0.15) is 13.8 Å². The zero-order valence-corrected chi connectivity index (χ0v) is 5.92. The van der Waals surface area contributed by atoms with E-state index in [2.05, 4.69) is 6.58 Å². The molecule has 0 saturated carbocycles. The van der Waals surface area contributed by atoms with Crippen molar-refractivity contribution < 1.29 is 4.79 Å². The van der Waals surface area contributed by atoms with E-state index in [0.717, 1.165) is 11.9 Å². The predicted octanol–water partition coefficient (Wildman–Crippen LogP) is 1.95. The SMILES string of the molecule is C=C/C(C)=C\C(C)C=O. The van der Waals surface area contributed by atoms with Gasteiger partial charge in [-0.15, -0.1) is 0 Å². The van der Waals surface area contributed by atoms with Crippen molar-refractivity contribution in [3.63, 3.8) is 0 Å². The third kappa shape index (κ3) is 3.71. The molecule has 1 unspecified atom stereocenters. The quantitative estimate of drug-likeness (QED) is 0.415. The van der Waals surface area contributed by atoms with Gasteiger partial charge < -0.3 is 4.79 Å². The summed E-state index contributed by atoms with van der Waals surface area (Å²) in [6, 6.07) is 0. The van der Waals surface area contributed by atoms with Gasteiger partial charge in [0.25, 0.3) is 0 Å². The normalized spacial score (nSPS) is 14.7. The van der Waals surface area contributed by atoms with E-state index in [1.54, 1.807) is 6.08 Å². The second-order valence-corrected chi connectivity index (χ2v) is 2.11. The van der Waals surface area contributed by atoms with Gasteiger partial charge in [0.2, 0.25) is 0 Å². The van der Waals surface area contributed by atoms with E-state index < -0.39 is 0 Å². The fourth-order valence-corrected chi connectivity index (χ4v) is 0.522. The maximum atomic E-state index is 10.1. The topological polar surface area (TPSA) is 17.1 Å². The van der Waals surface area contributed by atoms with Gasteiger partial charge >= 0.3 is 0 Å². The molecule has 50 valence electrons. The molecule has 0 fully saturated rings. The van der Waals surface area contributed by atoms with Gasteiger partial charge in [-0.05, 0) is 6.92 Å². The first kappa shape index (κ1) is 8.15. The molecule has 0 aromatic heterocycles. The Morgan fingerprint density at radius 2 is 2.22 bits per heavy atom. The molecule has 0 radical (unpaired) electrons. The minimum absolute atomic E-state index is 0.0167. The average molecular weight is 124 g/mol. The van der Waals surface area contributed by atoms with E-state index in [1.807, 2.05) is 19.9 Å². The maximum absolute atomic E-state index is 10.1. The van der Waals surface area contributed by atoms with E-state index in [-0.39, 0.29) is 5.92 Å². The summed E-state index contributed by atoms with van der Waals surface area (Å²) in [5.41, 5.74) is 1.05. The molecule has 0 spiro atoms. The van der Waals surface area contributed by atoms with Crippen LogP contribution in [0.3, 0.4) is 0 Å². The number of hydrogen-bond acceptors (Lipinski definition) is 1. The molecular weight excluding hydrogens is 112 g/mol. The van der Waals surface area contributed by atoms with Crippen LogP contribution in [0, 0.1) is 5.92 Å². The molecule has 0 bridgehead atoms. The standard InChI is InChI=1S/C8H12O/c1-4-7(2)5-8(3)6-9/h4-6,8H,1H2,2-3H3/b7-5-. The minimum atomic E-state index is 0.0167. The largest absolute Gasteiger partial charge is 0.303 e. The third-order valence-corrected chi connectivity index (χ3v) is 1.06. The highest BCUT2D eigenvalue weighted by molar-refractivity contribution is 5.56. The molecule has 1 nitrogen and oxygen atoms in total. The van der Waals surface area contributed by atoms with Crippen molar-refractivity contribution in [2.45, 2.75) is 13.8 Å². The summed E-state index contributed by atoms with van der Waals surface area (Å²) in [5, 5.41) is 0. The molecule has 0 N–H and O–H groups in total. The number of allylic oxidation sites excluding steroid dienone is 3. The highest BCUT2D eigenvalue weighted by Crippen LogP contribution is 1.99. The second-order valence-electron chi connectivity index (χ2n) is 2.11. The third-order valence-electron chi connectivity index (χ3n) is 1.06. The Bertz CT molecular complexity index is 134. The summed E-state index contributed by atoms with van der Waals surface area (Å²) < 4.78 is 0. The Labute approximate surface area is 56.1 Å². The number of hydrogen-bond donors (Lipinski definition) is 0. The molecule has 0 aliphatic rings. The second kappa shape index (κ2) is 4.07. The fraction of sp³-hybridized carbons (Fsp3) is 0.375. The van der Waals surface area contributed by atoms with Crippen molar-refractivity contribution in [3.05, 3.63) is 24.3 Å². The Hall–Kier alpha value is -0.850. The number of carbonyl (C=O) groups excluding carboxylic acids is 1. The van der Waals surface area contributed by atoms with Gasteiger partial charge in [-0.25, -0.2) is 0 Å². The monoisotopic (exact) mass is 124 g/mol. The highest BCUT2D eigenvalue weighted by atomic mass is 16.1. The van der Waals surface area contributed by atoms with Gasteiger partial charge in [-0.2, -0.15) is 0 Å². The van der Waals surface area contributed by atoms with Crippen LogP contribution in [-0.2, 0) is 4.79 Å². The van der Waals surface area contributed by atoms with Crippen LogP contribution in [0.15, 0.2) is 24.3 Å². The summed E-state index contributed by atoms with van der Waals surface area (Å²) in [6.45, 7) is 7.33. The van der Waals surface area contributed by atoms with Crippen LogP contribution < -0.4 is 0 Å². The average Bonchev–Trinajstić information content (AvgIpc) is 1.87. The van der Waals surface area contributed by atoms with Crippen LogP contribution in [0.5, 0.6) is 0 Å². The molecule has 0 aliphatic heterocycles.